The van der Waals surface area contributed by atoms with Gasteiger partial charge in [0.05, 0.1) is 12.2 Å². The van der Waals surface area contributed by atoms with Gasteiger partial charge in [-0.05, 0) is 28.7 Å². The minimum atomic E-state index is -0.915. The topological polar surface area (TPSA) is 105 Å². The minimum Gasteiger partial charge on any atom is -0.481 e. The van der Waals surface area contributed by atoms with Crippen LogP contribution in [0, 0.1) is 0 Å². The smallest absolute Gasteiger partial charge is 0.407 e. The molecular formula is C26H32N2O5S. The number of thioether (sulfide) groups is 1. The lowest BCUT2D eigenvalue weighted by atomic mass is 9.98. The van der Waals surface area contributed by atoms with Crippen molar-refractivity contribution < 1.29 is 24.2 Å². The van der Waals surface area contributed by atoms with E-state index in [1.807, 2.05) is 31.2 Å². The summed E-state index contributed by atoms with van der Waals surface area (Å²) in [7, 11) is 0. The maximum absolute atomic E-state index is 12.2. The molecule has 0 fully saturated rings. The van der Waals surface area contributed by atoms with Crippen molar-refractivity contribution in [2.45, 2.75) is 44.6 Å². The van der Waals surface area contributed by atoms with Crippen molar-refractivity contribution in [3.8, 4) is 11.1 Å². The minimum absolute atomic E-state index is 0.0164. The number of benzene rings is 2. The molecule has 0 aliphatic heterocycles. The third-order valence-corrected chi connectivity index (χ3v) is 6.74. The Morgan fingerprint density at radius 2 is 1.71 bits per heavy atom. The van der Waals surface area contributed by atoms with Gasteiger partial charge in [0, 0.05) is 24.3 Å². The number of carboxylic acid groups (broad SMARTS) is 1. The number of fused-ring (bicyclic) bond motifs is 3. The van der Waals surface area contributed by atoms with E-state index in [2.05, 4.69) is 34.9 Å². The Kier molecular flexibility index (Phi) is 9.82. The molecule has 0 unspecified atom stereocenters. The summed E-state index contributed by atoms with van der Waals surface area (Å²) in [6.45, 7) is 2.67. The van der Waals surface area contributed by atoms with Gasteiger partial charge < -0.3 is 20.5 Å². The van der Waals surface area contributed by atoms with E-state index in [4.69, 9.17) is 9.84 Å². The zero-order valence-corrected chi connectivity index (χ0v) is 20.2. The number of hydrogen-bond donors (Lipinski definition) is 3. The highest BCUT2D eigenvalue weighted by Gasteiger charge is 2.28. The van der Waals surface area contributed by atoms with E-state index in [9.17, 15) is 14.4 Å². The fourth-order valence-corrected chi connectivity index (χ4v) is 4.85. The van der Waals surface area contributed by atoms with E-state index in [0.29, 0.717) is 18.7 Å². The number of aliphatic carboxylic acids is 1. The third-order valence-electron chi connectivity index (χ3n) is 5.78. The van der Waals surface area contributed by atoms with Gasteiger partial charge in [0.1, 0.15) is 6.61 Å². The maximum Gasteiger partial charge on any atom is 0.407 e. The molecule has 34 heavy (non-hydrogen) atoms. The molecule has 0 spiro atoms. The predicted octanol–water partition coefficient (Wildman–Crippen LogP) is 4.41. The van der Waals surface area contributed by atoms with Crippen molar-refractivity contribution in [3.05, 3.63) is 59.7 Å². The van der Waals surface area contributed by atoms with Gasteiger partial charge >= 0.3 is 12.1 Å². The van der Waals surface area contributed by atoms with Gasteiger partial charge in [0.2, 0.25) is 5.91 Å². The van der Waals surface area contributed by atoms with Crippen LogP contribution in [0.2, 0.25) is 0 Å². The summed E-state index contributed by atoms with van der Waals surface area (Å²) in [4.78, 5) is 35.3. The van der Waals surface area contributed by atoms with Gasteiger partial charge in [0.25, 0.3) is 0 Å². The van der Waals surface area contributed by atoms with Crippen LogP contribution in [-0.4, -0.2) is 53.8 Å². The van der Waals surface area contributed by atoms with Crippen LogP contribution in [0.4, 0.5) is 4.79 Å². The van der Waals surface area contributed by atoms with Crippen molar-refractivity contribution in [3.63, 3.8) is 0 Å². The summed E-state index contributed by atoms with van der Waals surface area (Å²) < 4.78 is 5.50. The first-order chi connectivity index (χ1) is 16.5. The monoisotopic (exact) mass is 484 g/mol. The molecule has 3 rings (SSSR count). The number of alkyl carbamates (subject to hydrolysis) is 1. The average molecular weight is 485 g/mol. The van der Waals surface area contributed by atoms with Gasteiger partial charge in [0.15, 0.2) is 0 Å². The molecule has 1 aliphatic carbocycles. The Morgan fingerprint density at radius 1 is 1.06 bits per heavy atom. The molecule has 0 saturated carbocycles. The Balaban J connectivity index is 1.35. The summed E-state index contributed by atoms with van der Waals surface area (Å²) in [5, 5.41) is 14.5. The first-order valence-corrected chi connectivity index (χ1v) is 12.8. The zero-order chi connectivity index (χ0) is 24.3. The molecular weight excluding hydrogens is 452 g/mol. The molecule has 7 nitrogen and oxygen atoms in total. The highest BCUT2D eigenvalue weighted by atomic mass is 32.2. The van der Waals surface area contributed by atoms with Gasteiger partial charge in [-0.25, -0.2) is 4.79 Å². The van der Waals surface area contributed by atoms with E-state index in [-0.39, 0.29) is 36.6 Å². The van der Waals surface area contributed by atoms with Crippen LogP contribution < -0.4 is 10.6 Å². The second kappa shape index (κ2) is 13.0. The van der Waals surface area contributed by atoms with Crippen LogP contribution in [-0.2, 0) is 14.3 Å². The Hall–Kier alpha value is -3.00. The average Bonchev–Trinajstić information content (AvgIpc) is 3.14. The molecule has 2 aromatic rings. The number of hydrogen-bond acceptors (Lipinski definition) is 5. The molecule has 0 radical (unpaired) electrons. The van der Waals surface area contributed by atoms with Gasteiger partial charge in [-0.2, -0.15) is 11.8 Å². The number of carbonyl (C=O) groups is 3. The molecule has 0 heterocycles. The molecule has 2 amide bonds. The van der Waals surface area contributed by atoms with E-state index in [1.54, 1.807) is 0 Å². The molecule has 3 N–H and O–H groups in total. The highest BCUT2D eigenvalue weighted by molar-refractivity contribution is 7.99. The van der Waals surface area contributed by atoms with E-state index in [1.165, 1.54) is 34.0 Å². The van der Waals surface area contributed by atoms with Crippen LogP contribution in [0.1, 0.15) is 49.7 Å². The summed E-state index contributed by atoms with van der Waals surface area (Å²) >= 11 is 1.38. The first-order valence-electron chi connectivity index (χ1n) is 11.7. The quantitative estimate of drug-likeness (QED) is 0.364. The molecule has 0 bridgehead atoms. The summed E-state index contributed by atoms with van der Waals surface area (Å²) in [6, 6.07) is 16.0. The summed E-state index contributed by atoms with van der Waals surface area (Å²) in [5.74, 6) is -0.317. The molecule has 2 aromatic carbocycles. The standard InChI is InChI=1S/C26H32N2O5S/c1-2-3-8-18(15-25(30)31)28-24(29)17-34-14-13-27-26(32)33-16-23-21-11-6-4-9-19(21)20-10-5-7-12-22(20)23/h4-7,9-12,18,23H,2-3,8,13-17H2,1H3,(H,27,32)(H,28,29)(H,30,31)/t18-/m0/s1. The Morgan fingerprint density at radius 3 is 2.32 bits per heavy atom. The van der Waals surface area contributed by atoms with Crippen molar-refractivity contribution in [1.82, 2.24) is 10.6 Å². The van der Waals surface area contributed by atoms with Crippen LogP contribution in [0.5, 0.6) is 0 Å². The number of unbranched alkanes of at least 4 members (excludes halogenated alkanes) is 1. The second-order valence-corrected chi connectivity index (χ2v) is 9.41. The Labute approximate surface area is 204 Å². The van der Waals surface area contributed by atoms with E-state index in [0.717, 1.165) is 12.8 Å². The van der Waals surface area contributed by atoms with Crippen molar-refractivity contribution >= 4 is 29.7 Å². The number of carbonyl (C=O) groups excluding carboxylic acids is 2. The van der Waals surface area contributed by atoms with Crippen molar-refractivity contribution in [2.24, 2.45) is 0 Å². The van der Waals surface area contributed by atoms with Crippen LogP contribution in [0.3, 0.4) is 0 Å². The number of carboxylic acids is 1. The van der Waals surface area contributed by atoms with Gasteiger partial charge in [-0.1, -0.05) is 68.3 Å². The zero-order valence-electron chi connectivity index (χ0n) is 19.4. The number of ether oxygens (including phenoxy) is 1. The van der Waals surface area contributed by atoms with E-state index >= 15 is 0 Å². The van der Waals surface area contributed by atoms with Crippen molar-refractivity contribution in [2.75, 3.05) is 24.7 Å². The largest absolute Gasteiger partial charge is 0.481 e. The first kappa shape index (κ1) is 25.6. The van der Waals surface area contributed by atoms with Crippen molar-refractivity contribution in [1.29, 1.82) is 0 Å². The molecule has 1 aliphatic rings. The molecule has 1 atom stereocenters. The van der Waals surface area contributed by atoms with Crippen LogP contribution in [0.15, 0.2) is 48.5 Å². The summed E-state index contributed by atoms with van der Waals surface area (Å²) in [6.07, 6.45) is 1.92. The van der Waals surface area contributed by atoms with Gasteiger partial charge in [-0.3, -0.25) is 9.59 Å². The van der Waals surface area contributed by atoms with Crippen LogP contribution >= 0.6 is 11.8 Å². The van der Waals surface area contributed by atoms with E-state index < -0.39 is 12.1 Å². The van der Waals surface area contributed by atoms with Gasteiger partial charge in [-0.15, -0.1) is 0 Å². The lowest BCUT2D eigenvalue weighted by Crippen LogP contribution is -2.37. The lowest BCUT2D eigenvalue weighted by Gasteiger charge is -2.16. The number of nitrogens with one attached hydrogen (secondary N) is 2. The normalized spacial score (nSPS) is 13.0. The molecule has 0 aromatic heterocycles. The number of rotatable bonds is 13. The Bertz CT molecular complexity index is 951. The highest BCUT2D eigenvalue weighted by Crippen LogP contribution is 2.44. The number of amides is 2. The fourth-order valence-electron chi connectivity index (χ4n) is 4.20. The summed E-state index contributed by atoms with van der Waals surface area (Å²) in [5.41, 5.74) is 4.69. The predicted molar refractivity (Wildman–Crippen MR) is 134 cm³/mol. The molecule has 0 saturated heterocycles. The SMILES string of the molecule is CCCC[C@@H](CC(=O)O)NC(=O)CSCCNC(=O)OCC1c2ccccc2-c2ccccc21. The maximum atomic E-state index is 12.2. The second-order valence-electron chi connectivity index (χ2n) is 8.31. The van der Waals surface area contributed by atoms with Crippen LogP contribution in [0.25, 0.3) is 11.1 Å². The molecule has 182 valence electrons. The lowest BCUT2D eigenvalue weighted by molar-refractivity contribution is -0.137. The molecule has 8 heteroatoms. The third kappa shape index (κ3) is 7.25. The fraction of sp³-hybridized carbons (Fsp3) is 0.423.